The fraction of sp³-hybridized carbons (Fsp3) is 0.500. The highest BCUT2D eigenvalue weighted by Crippen LogP contribution is 2.29. The molecule has 2 rings (SSSR count). The van der Waals surface area contributed by atoms with Gasteiger partial charge in [-0.15, -0.1) is 0 Å². The van der Waals surface area contributed by atoms with Crippen LogP contribution in [0.4, 0.5) is 0 Å². The summed E-state index contributed by atoms with van der Waals surface area (Å²) < 4.78 is 5.81. The van der Waals surface area contributed by atoms with Gasteiger partial charge in [0.25, 0.3) is 0 Å². The van der Waals surface area contributed by atoms with E-state index in [-0.39, 0.29) is 18.0 Å². The quantitative estimate of drug-likeness (QED) is 0.530. The van der Waals surface area contributed by atoms with Crippen molar-refractivity contribution >= 4 is 17.9 Å². The molecule has 0 bridgehead atoms. The Morgan fingerprint density at radius 1 is 1.10 bits per heavy atom. The highest BCUT2D eigenvalue weighted by molar-refractivity contribution is 5.89. The number of aliphatic carboxylic acids is 2. The molecule has 0 aromatic heterocycles. The van der Waals surface area contributed by atoms with Gasteiger partial charge in [0.15, 0.2) is 0 Å². The summed E-state index contributed by atoms with van der Waals surface area (Å²) in [5.74, 6) is -2.41. The Hall–Kier alpha value is -2.67. The molecule has 1 aromatic carbocycles. The molecule has 7 nitrogen and oxygen atoms in total. The lowest BCUT2D eigenvalue weighted by atomic mass is 9.85. The first-order valence-corrected chi connectivity index (χ1v) is 9.82. The molecule has 29 heavy (non-hydrogen) atoms. The van der Waals surface area contributed by atoms with Crippen LogP contribution in [-0.2, 0) is 19.1 Å². The van der Waals surface area contributed by atoms with Crippen LogP contribution in [-0.4, -0.2) is 59.3 Å². The van der Waals surface area contributed by atoms with Crippen LogP contribution in [0.5, 0.6) is 0 Å². The number of benzene rings is 1. The lowest BCUT2D eigenvalue weighted by Crippen LogP contribution is -2.36. The van der Waals surface area contributed by atoms with Gasteiger partial charge in [0.2, 0.25) is 0 Å². The number of hydrogen-bond donors (Lipinski definition) is 2. The van der Waals surface area contributed by atoms with Gasteiger partial charge in [-0.05, 0) is 31.4 Å². The minimum Gasteiger partial charge on any atom is -0.478 e. The second-order valence-electron chi connectivity index (χ2n) is 7.22. The Labute approximate surface area is 172 Å². The minimum absolute atomic E-state index is 0.0508. The summed E-state index contributed by atoms with van der Waals surface area (Å²) in [5, 5.41) is 15.6. The van der Waals surface area contributed by atoms with Crippen LogP contribution < -0.4 is 0 Å². The topological polar surface area (TPSA) is 104 Å². The number of carbonyl (C=O) groups excluding carboxylic acids is 1. The maximum Gasteiger partial charge on any atom is 0.328 e. The fourth-order valence-electron chi connectivity index (χ4n) is 3.08. The van der Waals surface area contributed by atoms with E-state index in [1.165, 1.54) is 0 Å². The average molecular weight is 405 g/mol. The van der Waals surface area contributed by atoms with Gasteiger partial charge in [0.1, 0.15) is 6.10 Å². The van der Waals surface area contributed by atoms with Crippen LogP contribution in [0.1, 0.15) is 44.6 Å². The number of carboxylic acid groups (broad SMARTS) is 2. The summed E-state index contributed by atoms with van der Waals surface area (Å²) in [6.07, 6.45) is 4.07. The van der Waals surface area contributed by atoms with Gasteiger partial charge in [-0.2, -0.15) is 0 Å². The number of rotatable bonds is 7. The molecule has 0 radical (unpaired) electrons. The largest absolute Gasteiger partial charge is 0.478 e. The first-order chi connectivity index (χ1) is 13.7. The molecule has 1 fully saturated rings. The van der Waals surface area contributed by atoms with E-state index in [4.69, 9.17) is 14.9 Å². The number of piperidine rings is 1. The van der Waals surface area contributed by atoms with Gasteiger partial charge < -0.3 is 19.8 Å². The summed E-state index contributed by atoms with van der Waals surface area (Å²) in [4.78, 5) is 34.1. The third kappa shape index (κ3) is 9.38. The van der Waals surface area contributed by atoms with Gasteiger partial charge in [-0.1, -0.05) is 50.6 Å². The van der Waals surface area contributed by atoms with Crippen LogP contribution in [0.2, 0.25) is 0 Å². The van der Waals surface area contributed by atoms with Crippen LogP contribution in [0.25, 0.3) is 0 Å². The molecule has 2 N–H and O–H groups in total. The highest BCUT2D eigenvalue weighted by atomic mass is 16.5. The Kier molecular flexibility index (Phi) is 10.7. The van der Waals surface area contributed by atoms with Crippen molar-refractivity contribution in [1.82, 2.24) is 4.90 Å². The molecule has 2 atom stereocenters. The van der Waals surface area contributed by atoms with E-state index in [1.54, 1.807) is 0 Å². The number of carbonyl (C=O) groups is 3. The third-order valence-electron chi connectivity index (χ3n) is 4.94. The molecule has 0 amide bonds. The molecule has 2 unspecified atom stereocenters. The zero-order valence-electron chi connectivity index (χ0n) is 17.3. The van der Waals surface area contributed by atoms with Crippen molar-refractivity contribution in [3.05, 3.63) is 48.0 Å². The minimum atomic E-state index is -1.26. The second kappa shape index (κ2) is 12.7. The lowest BCUT2D eigenvalue weighted by Gasteiger charge is -2.31. The lowest BCUT2D eigenvalue weighted by molar-refractivity contribution is -0.154. The Morgan fingerprint density at radius 2 is 1.62 bits per heavy atom. The highest BCUT2D eigenvalue weighted by Gasteiger charge is 2.30. The average Bonchev–Trinajstić information content (AvgIpc) is 2.69. The van der Waals surface area contributed by atoms with Crippen molar-refractivity contribution in [2.45, 2.75) is 45.1 Å². The van der Waals surface area contributed by atoms with E-state index in [2.05, 4.69) is 25.8 Å². The van der Waals surface area contributed by atoms with Crippen molar-refractivity contribution in [3.8, 4) is 0 Å². The Morgan fingerprint density at radius 3 is 2.07 bits per heavy atom. The Balaban J connectivity index is 0.000000447. The van der Waals surface area contributed by atoms with E-state index < -0.39 is 11.9 Å². The fourth-order valence-corrected chi connectivity index (χ4v) is 3.08. The van der Waals surface area contributed by atoms with Crippen molar-refractivity contribution in [2.75, 3.05) is 20.1 Å². The van der Waals surface area contributed by atoms with Gasteiger partial charge in [0, 0.05) is 25.2 Å². The molecular formula is C22H31NO6. The summed E-state index contributed by atoms with van der Waals surface area (Å²) in [5.41, 5.74) is 1.07. The standard InChI is InChI=1S/C18H27NO2.C4H4O4/c1-4-14(2)17(15-8-6-5-7-9-15)18(20)21-16-10-12-19(3)13-11-16;5-3(6)1-2-4(7)8/h5-9,14,16-17H,4,10-13H2,1-3H3;1-2H,(H,5,6)(H,7,8)/b;2-1-. The summed E-state index contributed by atoms with van der Waals surface area (Å²) in [6, 6.07) is 10.0. The number of hydrogen-bond acceptors (Lipinski definition) is 5. The Bertz CT molecular complexity index is 664. The van der Waals surface area contributed by atoms with Crippen LogP contribution in [0.15, 0.2) is 42.5 Å². The van der Waals surface area contributed by atoms with Crippen molar-refractivity contribution < 1.29 is 29.3 Å². The first kappa shape index (κ1) is 24.4. The number of ether oxygens (including phenoxy) is 1. The number of likely N-dealkylation sites (tertiary alicyclic amines) is 1. The van der Waals surface area contributed by atoms with Crippen molar-refractivity contribution in [1.29, 1.82) is 0 Å². The van der Waals surface area contributed by atoms with Gasteiger partial charge >= 0.3 is 17.9 Å². The molecule has 0 spiro atoms. The summed E-state index contributed by atoms with van der Waals surface area (Å²) in [6.45, 7) is 6.28. The molecule has 1 heterocycles. The van der Waals surface area contributed by atoms with E-state index in [1.807, 2.05) is 30.3 Å². The zero-order chi connectivity index (χ0) is 21.8. The van der Waals surface area contributed by atoms with Crippen LogP contribution in [0, 0.1) is 5.92 Å². The molecule has 160 valence electrons. The number of carboxylic acids is 2. The molecule has 7 heteroatoms. The van der Waals surface area contributed by atoms with Crippen LogP contribution >= 0.6 is 0 Å². The normalized spacial score (nSPS) is 17.1. The predicted octanol–water partition coefficient (Wildman–Crippen LogP) is 3.17. The van der Waals surface area contributed by atoms with E-state index >= 15 is 0 Å². The summed E-state index contributed by atoms with van der Waals surface area (Å²) >= 11 is 0. The van der Waals surface area contributed by atoms with Gasteiger partial charge in [-0.3, -0.25) is 4.79 Å². The second-order valence-corrected chi connectivity index (χ2v) is 7.22. The number of nitrogens with zero attached hydrogens (tertiary/aromatic N) is 1. The third-order valence-corrected chi connectivity index (χ3v) is 4.94. The van der Waals surface area contributed by atoms with Crippen molar-refractivity contribution in [2.24, 2.45) is 5.92 Å². The first-order valence-electron chi connectivity index (χ1n) is 9.82. The van der Waals surface area contributed by atoms with Crippen LogP contribution in [0.3, 0.4) is 0 Å². The molecule has 1 aliphatic heterocycles. The van der Waals surface area contributed by atoms with E-state index in [0.29, 0.717) is 18.1 Å². The van der Waals surface area contributed by atoms with Gasteiger partial charge in [-0.25, -0.2) is 9.59 Å². The molecular weight excluding hydrogens is 374 g/mol. The smallest absolute Gasteiger partial charge is 0.328 e. The maximum absolute atomic E-state index is 12.7. The molecule has 0 saturated carbocycles. The van der Waals surface area contributed by atoms with E-state index in [0.717, 1.165) is 37.9 Å². The molecule has 1 saturated heterocycles. The molecule has 1 aromatic rings. The molecule has 0 aliphatic carbocycles. The van der Waals surface area contributed by atoms with Gasteiger partial charge in [0.05, 0.1) is 5.92 Å². The monoisotopic (exact) mass is 405 g/mol. The maximum atomic E-state index is 12.7. The van der Waals surface area contributed by atoms with Crippen molar-refractivity contribution in [3.63, 3.8) is 0 Å². The molecule has 1 aliphatic rings. The van der Waals surface area contributed by atoms with E-state index in [9.17, 15) is 14.4 Å². The predicted molar refractivity (Wildman–Crippen MR) is 110 cm³/mol. The summed E-state index contributed by atoms with van der Waals surface area (Å²) in [7, 11) is 2.12. The SMILES string of the molecule is CCC(C)C(C(=O)OC1CCN(C)CC1)c1ccccc1.O=C(O)/C=C\C(=O)O. The zero-order valence-corrected chi connectivity index (χ0v) is 17.3. The number of esters is 1.